The topological polar surface area (TPSA) is 78.1 Å². The minimum Gasteiger partial charge on any atom is -0.352 e. The van der Waals surface area contributed by atoms with Gasteiger partial charge in [-0.3, -0.25) is 14.5 Å². The summed E-state index contributed by atoms with van der Waals surface area (Å²) in [6.45, 7) is 5.83. The Morgan fingerprint density at radius 3 is 2.77 bits per heavy atom. The number of nitrogens with zero attached hydrogens (tertiary/aromatic N) is 2. The van der Waals surface area contributed by atoms with Crippen molar-refractivity contribution in [3.63, 3.8) is 0 Å². The summed E-state index contributed by atoms with van der Waals surface area (Å²) in [7, 11) is 0. The molecule has 0 aliphatic carbocycles. The van der Waals surface area contributed by atoms with E-state index < -0.39 is 0 Å². The number of rotatable bonds is 3. The number of H-pyrrole nitrogens is 1. The van der Waals surface area contributed by atoms with Gasteiger partial charge in [-0.05, 0) is 52.6 Å². The molecule has 2 saturated heterocycles. The molecule has 0 radical (unpaired) electrons. The maximum Gasteiger partial charge on any atom is 0.254 e. The third-order valence-corrected chi connectivity index (χ3v) is 4.86. The van der Waals surface area contributed by atoms with Gasteiger partial charge in [0.1, 0.15) is 5.82 Å². The van der Waals surface area contributed by atoms with Gasteiger partial charge in [-0.15, -0.1) is 0 Å². The van der Waals surface area contributed by atoms with Crippen LogP contribution in [0.3, 0.4) is 0 Å². The standard InChI is InChI=1S/C16H24N4O2/c1-10-12(16(22)18-11(2)17-10)9-15(21)19-13-5-3-7-20-8-4-6-14(13)20/h13-14H,3-9H2,1-2H3,(H,19,21)(H,17,18,22)/t13-,14-/m0/s1. The SMILES string of the molecule is Cc1nc(C)c(CC(=O)N[C@H]2CCCN3CCC[C@@H]23)c(=O)[nH]1. The van der Waals surface area contributed by atoms with Crippen LogP contribution in [0.5, 0.6) is 0 Å². The van der Waals surface area contributed by atoms with Crippen LogP contribution in [0.4, 0.5) is 0 Å². The number of aromatic nitrogens is 2. The van der Waals surface area contributed by atoms with Crippen molar-refractivity contribution < 1.29 is 4.79 Å². The van der Waals surface area contributed by atoms with Crippen molar-refractivity contribution in [3.05, 3.63) is 27.4 Å². The molecule has 1 amide bonds. The zero-order valence-corrected chi connectivity index (χ0v) is 13.3. The van der Waals surface area contributed by atoms with Crippen molar-refractivity contribution in [1.29, 1.82) is 0 Å². The highest BCUT2D eigenvalue weighted by molar-refractivity contribution is 5.79. The first-order chi connectivity index (χ1) is 10.5. The summed E-state index contributed by atoms with van der Waals surface area (Å²) < 4.78 is 0. The van der Waals surface area contributed by atoms with Crippen LogP contribution in [0.1, 0.15) is 42.8 Å². The monoisotopic (exact) mass is 304 g/mol. The quantitative estimate of drug-likeness (QED) is 0.860. The molecule has 0 bridgehead atoms. The van der Waals surface area contributed by atoms with Crippen LogP contribution >= 0.6 is 0 Å². The van der Waals surface area contributed by atoms with Crippen LogP contribution in [-0.2, 0) is 11.2 Å². The van der Waals surface area contributed by atoms with Gasteiger partial charge in [-0.1, -0.05) is 0 Å². The number of hydrogen-bond donors (Lipinski definition) is 2. The lowest BCUT2D eigenvalue weighted by Crippen LogP contribution is -2.52. The highest BCUT2D eigenvalue weighted by Crippen LogP contribution is 2.27. The average Bonchev–Trinajstić information content (AvgIpc) is 2.92. The van der Waals surface area contributed by atoms with Crippen molar-refractivity contribution >= 4 is 5.91 Å². The molecule has 2 atom stereocenters. The van der Waals surface area contributed by atoms with Gasteiger partial charge in [0.25, 0.3) is 5.56 Å². The fourth-order valence-corrected chi connectivity index (χ4v) is 3.84. The Labute approximate surface area is 130 Å². The van der Waals surface area contributed by atoms with E-state index in [9.17, 15) is 9.59 Å². The van der Waals surface area contributed by atoms with Gasteiger partial charge >= 0.3 is 0 Å². The number of carbonyl (C=O) groups is 1. The second-order valence-electron chi connectivity index (χ2n) is 6.45. The molecule has 2 fully saturated rings. The van der Waals surface area contributed by atoms with Gasteiger partial charge in [-0.2, -0.15) is 0 Å². The van der Waals surface area contributed by atoms with Gasteiger partial charge in [0.2, 0.25) is 5.91 Å². The zero-order chi connectivity index (χ0) is 15.7. The van der Waals surface area contributed by atoms with Gasteiger partial charge in [-0.25, -0.2) is 4.98 Å². The molecule has 6 nitrogen and oxygen atoms in total. The lowest BCUT2D eigenvalue weighted by Gasteiger charge is -2.37. The molecule has 2 N–H and O–H groups in total. The fourth-order valence-electron chi connectivity index (χ4n) is 3.84. The van der Waals surface area contributed by atoms with E-state index in [2.05, 4.69) is 20.2 Å². The molecular weight excluding hydrogens is 280 g/mol. The number of piperidine rings is 1. The molecule has 6 heteroatoms. The van der Waals surface area contributed by atoms with E-state index in [0.717, 1.165) is 32.4 Å². The second kappa shape index (κ2) is 6.20. The van der Waals surface area contributed by atoms with E-state index in [-0.39, 0.29) is 23.9 Å². The van der Waals surface area contributed by atoms with E-state index in [1.165, 1.54) is 6.42 Å². The molecule has 0 aromatic carbocycles. The van der Waals surface area contributed by atoms with E-state index in [0.29, 0.717) is 23.1 Å². The van der Waals surface area contributed by atoms with Gasteiger partial charge in [0.15, 0.2) is 0 Å². The van der Waals surface area contributed by atoms with E-state index in [4.69, 9.17) is 0 Å². The van der Waals surface area contributed by atoms with Crippen molar-refractivity contribution in [1.82, 2.24) is 20.2 Å². The van der Waals surface area contributed by atoms with Crippen LogP contribution in [0.25, 0.3) is 0 Å². The van der Waals surface area contributed by atoms with Crippen LogP contribution < -0.4 is 10.9 Å². The van der Waals surface area contributed by atoms with Crippen LogP contribution in [0, 0.1) is 13.8 Å². The normalized spacial score (nSPS) is 25.0. The van der Waals surface area contributed by atoms with E-state index >= 15 is 0 Å². The molecule has 1 aromatic rings. The summed E-state index contributed by atoms with van der Waals surface area (Å²) in [6, 6.07) is 0.703. The Morgan fingerprint density at radius 2 is 2.05 bits per heavy atom. The molecule has 0 saturated carbocycles. The second-order valence-corrected chi connectivity index (χ2v) is 6.45. The summed E-state index contributed by atoms with van der Waals surface area (Å²) in [5, 5.41) is 3.15. The minimum atomic E-state index is -0.203. The molecule has 0 unspecified atom stereocenters. The molecule has 120 valence electrons. The van der Waals surface area contributed by atoms with Crippen LogP contribution in [0.15, 0.2) is 4.79 Å². The first-order valence-electron chi connectivity index (χ1n) is 8.14. The van der Waals surface area contributed by atoms with Crippen molar-refractivity contribution in [2.75, 3.05) is 13.1 Å². The Balaban J connectivity index is 1.67. The van der Waals surface area contributed by atoms with Crippen molar-refractivity contribution in [2.45, 2.75) is 58.0 Å². The summed E-state index contributed by atoms with van der Waals surface area (Å²) in [5.74, 6) is 0.513. The molecular formula is C16H24N4O2. The third kappa shape index (κ3) is 3.06. The maximum atomic E-state index is 12.3. The fraction of sp³-hybridized carbons (Fsp3) is 0.688. The largest absolute Gasteiger partial charge is 0.352 e. The lowest BCUT2D eigenvalue weighted by molar-refractivity contribution is -0.121. The highest BCUT2D eigenvalue weighted by Gasteiger charge is 2.35. The number of carbonyl (C=O) groups excluding carboxylic acids is 1. The number of aryl methyl sites for hydroxylation is 2. The first-order valence-corrected chi connectivity index (χ1v) is 8.14. The zero-order valence-electron chi connectivity index (χ0n) is 13.3. The number of nitrogens with one attached hydrogen (secondary N) is 2. The van der Waals surface area contributed by atoms with Crippen LogP contribution in [-0.4, -0.2) is 45.9 Å². The summed E-state index contributed by atoms with van der Waals surface area (Å²) in [4.78, 5) is 33.7. The molecule has 2 aliphatic rings. The number of amides is 1. The predicted octanol–water partition coefficient (Wildman–Crippen LogP) is 0.672. The average molecular weight is 304 g/mol. The van der Waals surface area contributed by atoms with Crippen LogP contribution in [0.2, 0.25) is 0 Å². The summed E-state index contributed by atoms with van der Waals surface area (Å²) in [5.41, 5.74) is 0.913. The Kier molecular flexibility index (Phi) is 4.29. The molecule has 3 rings (SSSR count). The Hall–Kier alpha value is -1.69. The smallest absolute Gasteiger partial charge is 0.254 e. The van der Waals surface area contributed by atoms with Gasteiger partial charge < -0.3 is 10.3 Å². The molecule has 0 spiro atoms. The number of fused-ring (bicyclic) bond motifs is 1. The van der Waals surface area contributed by atoms with Crippen molar-refractivity contribution in [3.8, 4) is 0 Å². The Morgan fingerprint density at radius 1 is 1.32 bits per heavy atom. The minimum absolute atomic E-state index is 0.0713. The first kappa shape index (κ1) is 15.2. The molecule has 22 heavy (non-hydrogen) atoms. The van der Waals surface area contributed by atoms with Crippen molar-refractivity contribution in [2.24, 2.45) is 0 Å². The highest BCUT2D eigenvalue weighted by atomic mass is 16.2. The summed E-state index contributed by atoms with van der Waals surface area (Å²) in [6.07, 6.45) is 4.66. The third-order valence-electron chi connectivity index (χ3n) is 4.86. The van der Waals surface area contributed by atoms with Gasteiger partial charge in [0.05, 0.1) is 6.42 Å². The number of hydrogen-bond acceptors (Lipinski definition) is 4. The predicted molar refractivity (Wildman–Crippen MR) is 83.8 cm³/mol. The summed E-state index contributed by atoms with van der Waals surface area (Å²) >= 11 is 0. The number of aromatic amines is 1. The molecule has 3 heterocycles. The molecule has 1 aromatic heterocycles. The van der Waals surface area contributed by atoms with Gasteiger partial charge in [0, 0.05) is 23.3 Å². The van der Waals surface area contributed by atoms with E-state index in [1.54, 1.807) is 13.8 Å². The lowest BCUT2D eigenvalue weighted by atomic mass is 9.96. The Bertz CT molecular complexity index is 625. The molecule has 2 aliphatic heterocycles. The maximum absolute atomic E-state index is 12.3. The van der Waals surface area contributed by atoms with E-state index in [1.807, 2.05) is 0 Å².